The van der Waals surface area contributed by atoms with Crippen LogP contribution in [-0.4, -0.2) is 22.2 Å². The van der Waals surface area contributed by atoms with E-state index in [0.29, 0.717) is 11.3 Å². The second kappa shape index (κ2) is 6.21. The van der Waals surface area contributed by atoms with Crippen molar-refractivity contribution in [3.05, 3.63) is 71.2 Å². The molecule has 1 aliphatic rings. The average Bonchev–Trinajstić information content (AvgIpc) is 2.83. The Kier molecular flexibility index (Phi) is 4.09. The zero-order valence-electron chi connectivity index (χ0n) is 12.1. The molecule has 0 atom stereocenters. The zero-order chi connectivity index (χ0) is 17.3. The first kappa shape index (κ1) is 15.8. The standard InChI is InChI=1S/C17H10FNO4S/c18-12-5-1-10(2-6-12)9-14-15(20)19(17(24)23-14)13-7-3-11(4-8-13)16(21)22/h1-9H,(H,21,22)/b14-9-. The quantitative estimate of drug-likeness (QED) is 0.685. The Labute approximate surface area is 141 Å². The molecule has 0 unspecified atom stereocenters. The van der Waals surface area contributed by atoms with Gasteiger partial charge in [0.25, 0.3) is 5.17 Å². The molecule has 1 saturated heterocycles. The molecule has 1 aliphatic heterocycles. The fourth-order valence-corrected chi connectivity index (χ4v) is 2.43. The van der Waals surface area contributed by atoms with Crippen LogP contribution in [0.4, 0.5) is 10.1 Å². The summed E-state index contributed by atoms with van der Waals surface area (Å²) in [6.07, 6.45) is 1.46. The van der Waals surface area contributed by atoms with Gasteiger partial charge in [-0.2, -0.15) is 0 Å². The van der Waals surface area contributed by atoms with E-state index < -0.39 is 11.9 Å². The van der Waals surface area contributed by atoms with Gasteiger partial charge in [-0.15, -0.1) is 0 Å². The summed E-state index contributed by atoms with van der Waals surface area (Å²) in [6.45, 7) is 0. The van der Waals surface area contributed by atoms with Crippen molar-refractivity contribution < 1.29 is 23.8 Å². The molecule has 24 heavy (non-hydrogen) atoms. The van der Waals surface area contributed by atoms with Crippen LogP contribution in [0.15, 0.2) is 54.3 Å². The Morgan fingerprint density at radius 1 is 1.12 bits per heavy atom. The molecule has 2 aromatic rings. The summed E-state index contributed by atoms with van der Waals surface area (Å²) in [5, 5.41) is 8.85. The van der Waals surface area contributed by atoms with Gasteiger partial charge in [0.05, 0.1) is 11.3 Å². The monoisotopic (exact) mass is 343 g/mol. The number of thiocarbonyl (C=S) groups is 1. The van der Waals surface area contributed by atoms with Gasteiger partial charge in [-0.3, -0.25) is 4.79 Å². The Balaban J connectivity index is 1.88. The van der Waals surface area contributed by atoms with E-state index in [2.05, 4.69) is 0 Å². The van der Waals surface area contributed by atoms with Gasteiger partial charge in [-0.1, -0.05) is 12.1 Å². The maximum atomic E-state index is 12.9. The number of hydrogen-bond donors (Lipinski definition) is 1. The second-order valence-electron chi connectivity index (χ2n) is 4.92. The highest BCUT2D eigenvalue weighted by molar-refractivity contribution is 7.80. The first-order valence-electron chi connectivity index (χ1n) is 6.82. The number of ether oxygens (including phenoxy) is 1. The topological polar surface area (TPSA) is 66.8 Å². The molecule has 1 amide bonds. The molecule has 1 N–H and O–H groups in total. The van der Waals surface area contributed by atoms with E-state index in [4.69, 9.17) is 22.1 Å². The summed E-state index contributed by atoms with van der Waals surface area (Å²) < 4.78 is 18.2. The minimum absolute atomic E-state index is 0.00826. The number of carbonyl (C=O) groups is 2. The third-order valence-corrected chi connectivity index (χ3v) is 3.60. The van der Waals surface area contributed by atoms with E-state index in [1.54, 1.807) is 0 Å². The molecule has 0 bridgehead atoms. The third-order valence-electron chi connectivity index (χ3n) is 3.33. The van der Waals surface area contributed by atoms with E-state index in [0.717, 1.165) is 4.90 Å². The number of nitrogens with zero attached hydrogens (tertiary/aromatic N) is 1. The Morgan fingerprint density at radius 3 is 2.33 bits per heavy atom. The number of halogens is 1. The van der Waals surface area contributed by atoms with Gasteiger partial charge in [0, 0.05) is 0 Å². The summed E-state index contributed by atoms with van der Waals surface area (Å²) in [7, 11) is 0. The van der Waals surface area contributed by atoms with Crippen molar-refractivity contribution in [2.75, 3.05) is 4.90 Å². The van der Waals surface area contributed by atoms with Crippen LogP contribution in [0.2, 0.25) is 0 Å². The molecule has 5 nitrogen and oxygen atoms in total. The Hall–Kier alpha value is -3.06. The molecule has 2 aromatic carbocycles. The highest BCUT2D eigenvalue weighted by Gasteiger charge is 2.34. The normalized spacial score (nSPS) is 15.7. The van der Waals surface area contributed by atoms with Crippen molar-refractivity contribution >= 4 is 41.0 Å². The number of rotatable bonds is 3. The minimum atomic E-state index is -1.06. The van der Waals surface area contributed by atoms with Crippen molar-refractivity contribution in [1.82, 2.24) is 0 Å². The van der Waals surface area contributed by atoms with E-state index in [1.165, 1.54) is 54.6 Å². The molecule has 7 heteroatoms. The number of carbonyl (C=O) groups excluding carboxylic acids is 1. The molecule has 0 radical (unpaired) electrons. The zero-order valence-corrected chi connectivity index (χ0v) is 12.9. The number of hydrogen-bond acceptors (Lipinski definition) is 4. The minimum Gasteiger partial charge on any atom is -0.478 e. The number of amides is 1. The highest BCUT2D eigenvalue weighted by Crippen LogP contribution is 2.26. The van der Waals surface area contributed by atoms with Gasteiger partial charge in [-0.05, 0) is 60.3 Å². The Morgan fingerprint density at radius 2 is 1.75 bits per heavy atom. The number of carboxylic acids is 1. The van der Waals surface area contributed by atoms with Crippen molar-refractivity contribution in [3.63, 3.8) is 0 Å². The van der Waals surface area contributed by atoms with Crippen molar-refractivity contribution in [2.45, 2.75) is 0 Å². The van der Waals surface area contributed by atoms with Gasteiger partial charge in [-0.25, -0.2) is 14.1 Å². The molecule has 0 spiro atoms. The van der Waals surface area contributed by atoms with Crippen LogP contribution in [0.3, 0.4) is 0 Å². The summed E-state index contributed by atoms with van der Waals surface area (Å²) in [4.78, 5) is 24.5. The van der Waals surface area contributed by atoms with Crippen LogP contribution >= 0.6 is 12.2 Å². The van der Waals surface area contributed by atoms with Crippen LogP contribution in [0, 0.1) is 5.82 Å². The van der Waals surface area contributed by atoms with Gasteiger partial charge >= 0.3 is 11.9 Å². The molecule has 1 heterocycles. The summed E-state index contributed by atoms with van der Waals surface area (Å²) in [5.74, 6) is -1.92. The highest BCUT2D eigenvalue weighted by atomic mass is 32.1. The summed E-state index contributed by atoms with van der Waals surface area (Å²) in [6, 6.07) is 11.2. The van der Waals surface area contributed by atoms with E-state index in [1.807, 2.05) is 0 Å². The number of anilines is 1. The lowest BCUT2D eigenvalue weighted by atomic mass is 10.2. The van der Waals surface area contributed by atoms with E-state index >= 15 is 0 Å². The van der Waals surface area contributed by atoms with E-state index in [9.17, 15) is 14.0 Å². The van der Waals surface area contributed by atoms with Gasteiger partial charge in [0.15, 0.2) is 5.76 Å². The van der Waals surface area contributed by atoms with Crippen molar-refractivity contribution in [1.29, 1.82) is 0 Å². The molecule has 0 saturated carbocycles. The lowest BCUT2D eigenvalue weighted by molar-refractivity contribution is -0.114. The second-order valence-corrected chi connectivity index (χ2v) is 5.27. The Bertz CT molecular complexity index is 859. The maximum absolute atomic E-state index is 12.9. The van der Waals surface area contributed by atoms with Crippen LogP contribution in [-0.2, 0) is 9.53 Å². The lowest BCUT2D eigenvalue weighted by Gasteiger charge is -2.12. The fourth-order valence-electron chi connectivity index (χ4n) is 2.15. The third kappa shape index (κ3) is 3.02. The van der Waals surface area contributed by atoms with Crippen molar-refractivity contribution in [2.24, 2.45) is 0 Å². The molecule has 0 aromatic heterocycles. The van der Waals surface area contributed by atoms with Gasteiger partial charge in [0.2, 0.25) is 0 Å². The maximum Gasteiger partial charge on any atom is 0.335 e. The molecular formula is C17H10FNO4S. The molecule has 1 fully saturated rings. The first-order valence-corrected chi connectivity index (χ1v) is 7.23. The molecule has 120 valence electrons. The van der Waals surface area contributed by atoms with Crippen LogP contribution in [0.25, 0.3) is 6.08 Å². The van der Waals surface area contributed by atoms with Crippen LogP contribution < -0.4 is 4.90 Å². The fraction of sp³-hybridized carbons (Fsp3) is 0. The smallest absolute Gasteiger partial charge is 0.335 e. The van der Waals surface area contributed by atoms with Gasteiger partial charge in [0.1, 0.15) is 5.82 Å². The summed E-state index contributed by atoms with van der Waals surface area (Å²) >= 11 is 5.06. The molecular weight excluding hydrogens is 333 g/mol. The van der Waals surface area contributed by atoms with Crippen molar-refractivity contribution in [3.8, 4) is 0 Å². The number of carboxylic acid groups (broad SMARTS) is 1. The number of benzene rings is 2. The van der Waals surface area contributed by atoms with Gasteiger partial charge < -0.3 is 9.84 Å². The molecule has 0 aliphatic carbocycles. The summed E-state index contributed by atoms with van der Waals surface area (Å²) in [5.41, 5.74) is 1.09. The average molecular weight is 343 g/mol. The largest absolute Gasteiger partial charge is 0.478 e. The lowest BCUT2D eigenvalue weighted by Crippen LogP contribution is -2.28. The van der Waals surface area contributed by atoms with E-state index in [-0.39, 0.29) is 22.3 Å². The SMILES string of the molecule is O=C(O)c1ccc(N2C(=O)/C(=C/c3ccc(F)cc3)OC2=S)cc1. The van der Waals surface area contributed by atoms with Crippen LogP contribution in [0.5, 0.6) is 0 Å². The predicted molar refractivity (Wildman–Crippen MR) is 88.9 cm³/mol. The number of aromatic carboxylic acids is 1. The van der Waals surface area contributed by atoms with Crippen LogP contribution in [0.1, 0.15) is 15.9 Å². The predicted octanol–water partition coefficient (Wildman–Crippen LogP) is 3.21. The first-order chi connectivity index (χ1) is 11.5. The molecule has 3 rings (SSSR count).